The van der Waals surface area contributed by atoms with Crippen LogP contribution < -0.4 is 0 Å². The molecule has 0 atom stereocenters. The van der Waals surface area contributed by atoms with Crippen LogP contribution in [0.25, 0.3) is 22.3 Å². The fourth-order valence-corrected chi connectivity index (χ4v) is 9.17. The van der Waals surface area contributed by atoms with Gasteiger partial charge in [0.25, 0.3) is 0 Å². The summed E-state index contributed by atoms with van der Waals surface area (Å²) in [7, 11) is 0. The van der Waals surface area contributed by atoms with E-state index in [4.69, 9.17) is 0 Å². The number of hydrogen-bond donors (Lipinski definition) is 0. The van der Waals surface area contributed by atoms with Gasteiger partial charge in [0.15, 0.2) is 0 Å². The van der Waals surface area contributed by atoms with Crippen molar-refractivity contribution in [3.63, 3.8) is 0 Å². The summed E-state index contributed by atoms with van der Waals surface area (Å²) >= 11 is 0. The number of unbranched alkanes of at least 4 members (excludes halogenated alkanes) is 8. The molecule has 0 bridgehead atoms. The highest BCUT2D eigenvalue weighted by Crippen LogP contribution is 2.32. The average molecular weight is 787 g/mol. The Labute approximate surface area is 362 Å². The van der Waals surface area contributed by atoms with Gasteiger partial charge in [0.05, 0.1) is 0 Å². The summed E-state index contributed by atoms with van der Waals surface area (Å²) in [6, 6.07) is 35.9. The van der Waals surface area contributed by atoms with Gasteiger partial charge in [0.2, 0.25) is 0 Å². The van der Waals surface area contributed by atoms with Crippen LogP contribution in [0.2, 0.25) is 0 Å². The minimum absolute atomic E-state index is 0.604. The van der Waals surface area contributed by atoms with Crippen LogP contribution in [0.15, 0.2) is 97.1 Å². The molecule has 0 saturated heterocycles. The molecule has 0 heterocycles. The summed E-state index contributed by atoms with van der Waals surface area (Å²) in [5.41, 5.74) is 10.4. The van der Waals surface area contributed by atoms with Crippen molar-refractivity contribution in [3.8, 4) is 45.9 Å². The summed E-state index contributed by atoms with van der Waals surface area (Å²) in [6.45, 7) is 9.17. The quantitative estimate of drug-likeness (QED) is 0.0739. The summed E-state index contributed by atoms with van der Waals surface area (Å²) in [5, 5.41) is 0. The molecule has 2 fully saturated rings. The molecule has 0 radical (unpaired) electrons. The summed E-state index contributed by atoms with van der Waals surface area (Å²) in [6.07, 6.45) is 30.6. The van der Waals surface area contributed by atoms with Crippen LogP contribution in [-0.2, 0) is 12.8 Å². The second-order valence-corrected chi connectivity index (χ2v) is 18.0. The number of benzene rings is 4. The van der Waals surface area contributed by atoms with Crippen molar-refractivity contribution in [1.29, 1.82) is 0 Å². The van der Waals surface area contributed by atoms with Crippen molar-refractivity contribution < 1.29 is 0 Å². The minimum Gasteiger partial charge on any atom is -0.0945 e. The number of rotatable bonds is 17. The molecule has 59 heavy (non-hydrogen) atoms. The van der Waals surface area contributed by atoms with Gasteiger partial charge in [-0.05, 0) is 147 Å². The molecule has 4 aromatic rings. The van der Waals surface area contributed by atoms with Crippen LogP contribution in [0.1, 0.15) is 185 Å². The Kier molecular flexibility index (Phi) is 21.1. The van der Waals surface area contributed by atoms with E-state index in [0.29, 0.717) is 11.8 Å². The van der Waals surface area contributed by atoms with Gasteiger partial charge in [-0.25, -0.2) is 0 Å². The molecule has 0 spiro atoms. The lowest BCUT2D eigenvalue weighted by molar-refractivity contribution is 0.300. The maximum absolute atomic E-state index is 3.55. The molecule has 0 nitrogen and oxygen atoms in total. The second-order valence-electron chi connectivity index (χ2n) is 18.0. The summed E-state index contributed by atoms with van der Waals surface area (Å²) in [5.74, 6) is 17.1. The van der Waals surface area contributed by atoms with Gasteiger partial charge in [0.1, 0.15) is 0 Å². The highest BCUT2D eigenvalue weighted by Gasteiger charge is 2.19. The average Bonchev–Trinajstić information content (AvgIpc) is 3.29. The summed E-state index contributed by atoms with van der Waals surface area (Å²) in [4.78, 5) is 0. The second kappa shape index (κ2) is 27.0. The first-order valence-electron chi connectivity index (χ1n) is 24.5. The molecule has 2 saturated carbocycles. The topological polar surface area (TPSA) is 0 Å². The lowest BCUT2D eigenvalue weighted by atomic mass is 9.80. The van der Waals surface area contributed by atoms with Crippen molar-refractivity contribution >= 4 is 0 Å². The molecular formula is C59H78. The first-order chi connectivity index (χ1) is 29.1. The Hall–Kier alpha value is -4.00. The van der Waals surface area contributed by atoms with Crippen molar-refractivity contribution in [2.75, 3.05) is 0 Å². The minimum atomic E-state index is 0.604. The van der Waals surface area contributed by atoms with E-state index < -0.39 is 0 Å². The standard InChI is InChI=1S/C30H40.C29H38/c1-3-5-6-7-8-10-26-17-21-29(22-18-26)30-23-19-28(20-24-30)16-15-27-13-11-25(9-4-2)12-14-27;1-3-5-6-7-8-9-25-16-20-28(21-17-25)29-22-18-27(19-23-29)15-14-26-12-10-24(4-2)11-13-26/h17-25,27H,3-14H2,1-2H3;16-24,26H,3-13H2,1-2H3/t25-,27-;24-,26-. The number of hydrogen-bond acceptors (Lipinski definition) is 0. The van der Waals surface area contributed by atoms with Crippen molar-refractivity contribution in [2.24, 2.45) is 23.7 Å². The fourth-order valence-electron chi connectivity index (χ4n) is 9.17. The Morgan fingerprint density at radius 1 is 0.373 bits per heavy atom. The Morgan fingerprint density at radius 3 is 1.08 bits per heavy atom. The third-order valence-electron chi connectivity index (χ3n) is 13.3. The Bertz CT molecular complexity index is 1820. The van der Waals surface area contributed by atoms with Gasteiger partial charge in [0, 0.05) is 23.0 Å². The molecule has 0 aliphatic heterocycles. The predicted octanol–water partition coefficient (Wildman–Crippen LogP) is 17.3. The van der Waals surface area contributed by atoms with Crippen LogP contribution in [0, 0.1) is 47.4 Å². The zero-order valence-electron chi connectivity index (χ0n) is 37.8. The van der Waals surface area contributed by atoms with Gasteiger partial charge in [-0.1, -0.05) is 195 Å². The Balaban J connectivity index is 0.000000224. The van der Waals surface area contributed by atoms with E-state index in [2.05, 4.69) is 148 Å². The van der Waals surface area contributed by atoms with Crippen LogP contribution in [0.5, 0.6) is 0 Å². The molecule has 2 aliphatic rings. The highest BCUT2D eigenvalue weighted by molar-refractivity contribution is 5.65. The maximum Gasteiger partial charge on any atom is 0.0245 e. The molecule has 6 rings (SSSR count). The van der Waals surface area contributed by atoms with Crippen LogP contribution >= 0.6 is 0 Å². The molecule has 314 valence electrons. The SMILES string of the molecule is CCCCCCCc1ccc(-c2ccc(C#C[C@H]3CC[C@H](CC)CC3)cc2)cc1.CCCCCCCc1ccc(-c2ccc(C#C[C@H]3CC[C@H](CCC)CC3)cc2)cc1. The van der Waals surface area contributed by atoms with Crippen LogP contribution in [-0.4, -0.2) is 0 Å². The third-order valence-corrected chi connectivity index (χ3v) is 13.3. The normalized spacial score (nSPS) is 18.7. The molecule has 0 aromatic heterocycles. The van der Waals surface area contributed by atoms with E-state index in [9.17, 15) is 0 Å². The lowest BCUT2D eigenvalue weighted by Crippen LogP contribution is -2.13. The predicted molar refractivity (Wildman–Crippen MR) is 259 cm³/mol. The third kappa shape index (κ3) is 16.9. The van der Waals surface area contributed by atoms with Gasteiger partial charge < -0.3 is 0 Å². The van der Waals surface area contributed by atoms with Crippen LogP contribution in [0.4, 0.5) is 0 Å². The van der Waals surface area contributed by atoms with Gasteiger partial charge in [-0.2, -0.15) is 0 Å². The van der Waals surface area contributed by atoms with Gasteiger partial charge in [-0.15, -0.1) is 0 Å². The lowest BCUT2D eigenvalue weighted by Gasteiger charge is -2.25. The zero-order valence-corrected chi connectivity index (χ0v) is 37.8. The molecule has 0 N–H and O–H groups in total. The first-order valence-corrected chi connectivity index (χ1v) is 24.5. The largest absolute Gasteiger partial charge is 0.0945 e. The fraction of sp³-hybridized carbons (Fsp3) is 0.525. The van der Waals surface area contributed by atoms with E-state index >= 15 is 0 Å². The highest BCUT2D eigenvalue weighted by atomic mass is 14.2. The monoisotopic (exact) mass is 787 g/mol. The van der Waals surface area contributed by atoms with Crippen LogP contribution in [0.3, 0.4) is 0 Å². The molecule has 0 unspecified atom stereocenters. The first kappa shape index (κ1) is 46.1. The smallest absolute Gasteiger partial charge is 0.0245 e. The van der Waals surface area contributed by atoms with E-state index in [1.165, 1.54) is 181 Å². The zero-order chi connectivity index (χ0) is 41.3. The molecule has 0 amide bonds. The molecule has 2 aliphatic carbocycles. The van der Waals surface area contributed by atoms with E-state index in [1.54, 1.807) is 0 Å². The van der Waals surface area contributed by atoms with Crippen molar-refractivity contribution in [3.05, 3.63) is 119 Å². The number of aryl methyl sites for hydroxylation is 2. The summed E-state index contributed by atoms with van der Waals surface area (Å²) < 4.78 is 0. The van der Waals surface area contributed by atoms with Gasteiger partial charge >= 0.3 is 0 Å². The Morgan fingerprint density at radius 2 is 0.729 bits per heavy atom. The van der Waals surface area contributed by atoms with Crippen molar-refractivity contribution in [1.82, 2.24) is 0 Å². The molecule has 0 heteroatoms. The van der Waals surface area contributed by atoms with E-state index in [1.807, 2.05) is 0 Å². The van der Waals surface area contributed by atoms with E-state index in [0.717, 1.165) is 23.0 Å². The maximum atomic E-state index is 3.55. The molecule has 4 aromatic carbocycles. The molecular weight excluding hydrogens is 709 g/mol. The van der Waals surface area contributed by atoms with Gasteiger partial charge in [-0.3, -0.25) is 0 Å². The van der Waals surface area contributed by atoms with E-state index in [-0.39, 0.29) is 0 Å². The van der Waals surface area contributed by atoms with Crippen molar-refractivity contribution in [2.45, 2.75) is 175 Å².